The maximum Gasteiger partial charge on any atom is 0.391 e. The molecule has 1 amide bonds. The minimum Gasteiger partial charge on any atom is -0.457 e. The quantitative estimate of drug-likeness (QED) is 0.210. The van der Waals surface area contributed by atoms with Crippen LogP contribution in [-0.2, 0) is 6.54 Å². The van der Waals surface area contributed by atoms with E-state index < -0.39 is 8.60 Å². The molecule has 0 heterocycles. The number of hydrogen-bond donors (Lipinski definition) is 2. The monoisotopic (exact) mass is 541 g/mol. The molecule has 39 heavy (non-hydrogen) atoms. The van der Waals surface area contributed by atoms with E-state index >= 15 is 0 Å². The average Bonchev–Trinajstić information content (AvgIpc) is 2.97. The van der Waals surface area contributed by atoms with Crippen molar-refractivity contribution >= 4 is 20.2 Å². The number of benzene rings is 4. The van der Waals surface area contributed by atoms with Gasteiger partial charge in [-0.15, -0.1) is 0 Å². The van der Waals surface area contributed by atoms with Gasteiger partial charge in [0.05, 0.1) is 6.54 Å². The minimum atomic E-state index is -2.57. The topological polar surface area (TPSA) is 79.2 Å². The zero-order valence-corrected chi connectivity index (χ0v) is 22.5. The molecular formula is C32H32NO5P. The Kier molecular flexibility index (Phi) is 8.89. The standard InChI is InChI=1S/C32H32NO5P/c34-32(27-18-20-30(21-19-27)37-29-11-5-2-6-12-29)33(28-10-7-13-31(22-28)38-39(35)36)23-24-14-16-26(17-15-24)25-8-3-1-4-9-25/h2,5-7,10-22,25,35-36H,1,3-4,8-9,23H2. The van der Waals surface area contributed by atoms with Gasteiger partial charge in [0.25, 0.3) is 5.91 Å². The predicted octanol–water partition coefficient (Wildman–Crippen LogP) is 7.96. The van der Waals surface area contributed by atoms with Crippen molar-refractivity contribution in [2.24, 2.45) is 0 Å². The number of carbonyl (C=O) groups excluding carboxylic acids is 1. The van der Waals surface area contributed by atoms with Crippen LogP contribution in [0.5, 0.6) is 17.2 Å². The number of anilines is 1. The van der Waals surface area contributed by atoms with Crippen molar-refractivity contribution in [3.8, 4) is 17.2 Å². The number of hydrogen-bond acceptors (Lipinski definition) is 5. The van der Waals surface area contributed by atoms with Crippen molar-refractivity contribution in [3.63, 3.8) is 0 Å². The minimum absolute atomic E-state index is 0.190. The summed E-state index contributed by atoms with van der Waals surface area (Å²) in [5, 5.41) is 0. The zero-order chi connectivity index (χ0) is 27.0. The van der Waals surface area contributed by atoms with Gasteiger partial charge in [0.1, 0.15) is 17.2 Å². The number of ether oxygens (including phenoxy) is 1. The molecule has 0 bridgehead atoms. The molecule has 5 rings (SSSR count). The lowest BCUT2D eigenvalue weighted by molar-refractivity contribution is 0.0985. The molecule has 2 N–H and O–H groups in total. The molecule has 1 saturated carbocycles. The third-order valence-electron chi connectivity index (χ3n) is 7.04. The van der Waals surface area contributed by atoms with Crippen LogP contribution in [0.2, 0.25) is 0 Å². The fourth-order valence-corrected chi connectivity index (χ4v) is 5.34. The highest BCUT2D eigenvalue weighted by molar-refractivity contribution is 7.39. The van der Waals surface area contributed by atoms with Crippen molar-refractivity contribution in [3.05, 3.63) is 120 Å². The first kappa shape index (κ1) is 26.9. The van der Waals surface area contributed by atoms with Crippen LogP contribution >= 0.6 is 8.60 Å². The van der Waals surface area contributed by atoms with Crippen LogP contribution in [0.4, 0.5) is 5.69 Å². The first-order valence-electron chi connectivity index (χ1n) is 13.2. The Morgan fingerprint density at radius 1 is 0.769 bits per heavy atom. The number of nitrogens with zero attached hydrogens (tertiary/aromatic N) is 1. The number of rotatable bonds is 9. The molecule has 1 aliphatic rings. The molecule has 0 saturated heterocycles. The summed E-state index contributed by atoms with van der Waals surface area (Å²) in [4.78, 5) is 34.1. The van der Waals surface area contributed by atoms with Crippen LogP contribution in [0, 0.1) is 0 Å². The molecule has 0 atom stereocenters. The van der Waals surface area contributed by atoms with Crippen LogP contribution in [0.3, 0.4) is 0 Å². The lowest BCUT2D eigenvalue weighted by Crippen LogP contribution is -2.30. The summed E-state index contributed by atoms with van der Waals surface area (Å²) in [5.41, 5.74) is 3.47. The summed E-state index contributed by atoms with van der Waals surface area (Å²) in [6, 6.07) is 31.9. The Bertz CT molecular complexity index is 1350. The smallest absolute Gasteiger partial charge is 0.391 e. The Balaban J connectivity index is 1.39. The Morgan fingerprint density at radius 3 is 2.13 bits per heavy atom. The first-order valence-corrected chi connectivity index (χ1v) is 14.4. The normalized spacial score (nSPS) is 13.7. The van der Waals surface area contributed by atoms with E-state index in [1.807, 2.05) is 36.4 Å². The van der Waals surface area contributed by atoms with Gasteiger partial charge in [0.2, 0.25) is 0 Å². The van der Waals surface area contributed by atoms with Gasteiger partial charge in [-0.1, -0.05) is 67.8 Å². The van der Waals surface area contributed by atoms with Gasteiger partial charge in [-0.25, -0.2) is 0 Å². The molecule has 0 aromatic heterocycles. The largest absolute Gasteiger partial charge is 0.457 e. The molecule has 0 spiro atoms. The first-order chi connectivity index (χ1) is 19.0. The van der Waals surface area contributed by atoms with Crippen molar-refractivity contribution in [2.75, 3.05) is 4.90 Å². The molecule has 7 heteroatoms. The third-order valence-corrected chi connectivity index (χ3v) is 7.41. The maximum absolute atomic E-state index is 13.8. The lowest BCUT2D eigenvalue weighted by Gasteiger charge is -2.25. The number of para-hydroxylation sites is 1. The lowest BCUT2D eigenvalue weighted by atomic mass is 9.84. The molecule has 1 aliphatic carbocycles. The summed E-state index contributed by atoms with van der Waals surface area (Å²) in [6.07, 6.45) is 6.36. The molecule has 0 aliphatic heterocycles. The second-order valence-electron chi connectivity index (χ2n) is 9.75. The van der Waals surface area contributed by atoms with E-state index in [9.17, 15) is 14.6 Å². The van der Waals surface area contributed by atoms with Crippen LogP contribution < -0.4 is 14.2 Å². The van der Waals surface area contributed by atoms with Crippen molar-refractivity contribution < 1.29 is 23.8 Å². The van der Waals surface area contributed by atoms with E-state index in [4.69, 9.17) is 9.26 Å². The van der Waals surface area contributed by atoms with Crippen LogP contribution in [0.25, 0.3) is 0 Å². The van der Waals surface area contributed by atoms with Gasteiger partial charge < -0.3 is 23.9 Å². The molecular weight excluding hydrogens is 509 g/mol. The van der Waals surface area contributed by atoms with Crippen LogP contribution in [0.1, 0.15) is 59.5 Å². The molecule has 0 unspecified atom stereocenters. The summed E-state index contributed by atoms with van der Waals surface area (Å²) in [6.45, 7) is 0.350. The van der Waals surface area contributed by atoms with Gasteiger partial charge >= 0.3 is 8.60 Å². The molecule has 1 fully saturated rings. The summed E-state index contributed by atoms with van der Waals surface area (Å²) in [5.74, 6) is 2.06. The third kappa shape index (κ3) is 7.24. The van der Waals surface area contributed by atoms with Gasteiger partial charge in [-0.3, -0.25) is 4.79 Å². The van der Waals surface area contributed by atoms with E-state index in [2.05, 4.69) is 24.3 Å². The number of carbonyl (C=O) groups is 1. The van der Waals surface area contributed by atoms with E-state index in [1.54, 1.807) is 47.4 Å². The second kappa shape index (κ2) is 12.9. The van der Waals surface area contributed by atoms with E-state index in [1.165, 1.54) is 37.7 Å². The zero-order valence-electron chi connectivity index (χ0n) is 21.6. The predicted molar refractivity (Wildman–Crippen MR) is 154 cm³/mol. The van der Waals surface area contributed by atoms with Gasteiger partial charge in [-0.05, 0) is 78.4 Å². The molecule has 200 valence electrons. The maximum atomic E-state index is 13.8. The van der Waals surface area contributed by atoms with E-state index in [-0.39, 0.29) is 11.7 Å². The van der Waals surface area contributed by atoms with E-state index in [0.717, 1.165) is 11.3 Å². The molecule has 0 radical (unpaired) electrons. The fraction of sp³-hybridized carbons (Fsp3) is 0.219. The summed E-state index contributed by atoms with van der Waals surface area (Å²) in [7, 11) is -2.57. The summed E-state index contributed by atoms with van der Waals surface area (Å²) >= 11 is 0. The summed E-state index contributed by atoms with van der Waals surface area (Å²) < 4.78 is 11.0. The highest BCUT2D eigenvalue weighted by Crippen LogP contribution is 2.34. The van der Waals surface area contributed by atoms with Gasteiger partial charge in [0, 0.05) is 17.3 Å². The highest BCUT2D eigenvalue weighted by atomic mass is 31.2. The Morgan fingerprint density at radius 2 is 1.44 bits per heavy atom. The SMILES string of the molecule is O=C(c1ccc(Oc2ccccc2)cc1)N(Cc1ccc(C2CCCCC2)cc1)c1cccc(OP(O)O)c1. The van der Waals surface area contributed by atoms with Crippen molar-refractivity contribution in [1.29, 1.82) is 0 Å². The Labute approximate surface area is 230 Å². The van der Waals surface area contributed by atoms with Crippen LogP contribution in [-0.4, -0.2) is 15.7 Å². The van der Waals surface area contributed by atoms with Crippen LogP contribution in [0.15, 0.2) is 103 Å². The van der Waals surface area contributed by atoms with E-state index in [0.29, 0.717) is 29.5 Å². The number of amides is 1. The molecule has 4 aromatic rings. The average molecular weight is 542 g/mol. The Hall–Kier alpha value is -3.70. The molecule has 6 nitrogen and oxygen atoms in total. The molecule has 4 aromatic carbocycles. The fourth-order valence-electron chi connectivity index (χ4n) is 5.04. The van der Waals surface area contributed by atoms with Crippen molar-refractivity contribution in [2.45, 2.75) is 44.6 Å². The van der Waals surface area contributed by atoms with Gasteiger partial charge in [0.15, 0.2) is 0 Å². The van der Waals surface area contributed by atoms with Crippen molar-refractivity contribution in [1.82, 2.24) is 0 Å². The van der Waals surface area contributed by atoms with Gasteiger partial charge in [-0.2, -0.15) is 0 Å². The highest BCUT2D eigenvalue weighted by Gasteiger charge is 2.21. The second-order valence-corrected chi connectivity index (χ2v) is 10.4.